The molecule has 0 saturated carbocycles. The summed E-state index contributed by atoms with van der Waals surface area (Å²) < 4.78 is 5.09. The minimum Gasteiger partial charge on any atom is -0.507 e. The summed E-state index contributed by atoms with van der Waals surface area (Å²) in [7, 11) is 0. The van der Waals surface area contributed by atoms with Gasteiger partial charge in [-0.25, -0.2) is 4.79 Å². The molecule has 0 bridgehead atoms. The van der Waals surface area contributed by atoms with E-state index in [1.165, 1.54) is 6.07 Å². The number of aromatic nitrogens is 1. The van der Waals surface area contributed by atoms with Crippen molar-refractivity contribution in [2.45, 2.75) is 20.3 Å². The molecule has 0 atom stereocenters. The first-order valence-electron chi connectivity index (χ1n) is 8.10. The molecule has 5 nitrogen and oxygen atoms in total. The first-order valence-corrected chi connectivity index (χ1v) is 8.10. The summed E-state index contributed by atoms with van der Waals surface area (Å²) in [6.45, 7) is 3.36. The molecule has 0 aliphatic heterocycles. The van der Waals surface area contributed by atoms with E-state index in [9.17, 15) is 14.7 Å². The highest BCUT2D eigenvalue weighted by Crippen LogP contribution is 2.24. The van der Waals surface area contributed by atoms with Gasteiger partial charge in [-0.2, -0.15) is 0 Å². The number of aromatic hydroxyl groups is 1. The standard InChI is InChI=1S/C20H19NO4/c1-3-13-7-5-8-14-16(10-21-18(13)14)17(22)11-25-20(24)15-9-4-6-12(2)19(15)23/h4-10,21,23H,3,11H2,1-2H3. The molecule has 0 aliphatic rings. The van der Waals surface area contributed by atoms with Crippen molar-refractivity contribution in [2.24, 2.45) is 0 Å². The van der Waals surface area contributed by atoms with Crippen LogP contribution in [0, 0.1) is 6.92 Å². The number of esters is 1. The number of hydrogen-bond acceptors (Lipinski definition) is 4. The highest BCUT2D eigenvalue weighted by Gasteiger charge is 2.18. The molecule has 0 fully saturated rings. The second-order valence-electron chi connectivity index (χ2n) is 5.87. The Morgan fingerprint density at radius 3 is 2.64 bits per heavy atom. The Morgan fingerprint density at radius 1 is 1.12 bits per heavy atom. The van der Waals surface area contributed by atoms with Crippen LogP contribution in [0.4, 0.5) is 0 Å². The zero-order valence-corrected chi connectivity index (χ0v) is 14.1. The number of carbonyl (C=O) groups excluding carboxylic acids is 2. The molecular weight excluding hydrogens is 318 g/mol. The number of ketones is 1. The van der Waals surface area contributed by atoms with Gasteiger partial charge in [-0.15, -0.1) is 0 Å². The third-order valence-electron chi connectivity index (χ3n) is 4.28. The van der Waals surface area contributed by atoms with Gasteiger partial charge < -0.3 is 14.8 Å². The smallest absolute Gasteiger partial charge is 0.342 e. The number of benzene rings is 2. The molecule has 0 saturated heterocycles. The molecule has 128 valence electrons. The van der Waals surface area contributed by atoms with Gasteiger partial charge in [0, 0.05) is 22.7 Å². The second-order valence-corrected chi connectivity index (χ2v) is 5.87. The number of H-pyrrole nitrogens is 1. The molecule has 1 aromatic heterocycles. The maximum Gasteiger partial charge on any atom is 0.342 e. The fourth-order valence-electron chi connectivity index (χ4n) is 2.85. The van der Waals surface area contributed by atoms with Gasteiger partial charge in [0.1, 0.15) is 11.3 Å². The van der Waals surface area contributed by atoms with Crippen molar-refractivity contribution in [3.8, 4) is 5.75 Å². The van der Waals surface area contributed by atoms with Crippen LogP contribution < -0.4 is 0 Å². The maximum absolute atomic E-state index is 12.4. The zero-order valence-electron chi connectivity index (χ0n) is 14.1. The third kappa shape index (κ3) is 3.13. The Balaban J connectivity index is 1.77. The number of aromatic amines is 1. The summed E-state index contributed by atoms with van der Waals surface area (Å²) in [4.78, 5) is 27.7. The number of hydrogen-bond donors (Lipinski definition) is 2. The number of carbonyl (C=O) groups is 2. The number of rotatable bonds is 5. The van der Waals surface area contributed by atoms with Crippen LogP contribution in [0.2, 0.25) is 0 Å². The van der Waals surface area contributed by atoms with Crippen LogP contribution in [0.1, 0.15) is 38.8 Å². The quantitative estimate of drug-likeness (QED) is 0.548. The Morgan fingerprint density at radius 2 is 1.88 bits per heavy atom. The van der Waals surface area contributed by atoms with E-state index in [2.05, 4.69) is 4.98 Å². The normalized spacial score (nSPS) is 10.8. The minimum absolute atomic E-state index is 0.0556. The molecule has 0 radical (unpaired) electrons. The van der Waals surface area contributed by atoms with Crippen LogP contribution in [0.25, 0.3) is 10.9 Å². The first kappa shape index (κ1) is 16.8. The number of phenols is 1. The number of nitrogens with one attached hydrogen (secondary N) is 1. The molecule has 0 amide bonds. The molecule has 5 heteroatoms. The fraction of sp³-hybridized carbons (Fsp3) is 0.200. The van der Waals surface area contributed by atoms with Crippen molar-refractivity contribution in [3.05, 3.63) is 64.8 Å². The molecule has 2 N–H and O–H groups in total. The lowest BCUT2D eigenvalue weighted by Gasteiger charge is -2.07. The Kier molecular flexibility index (Phi) is 4.57. The van der Waals surface area contributed by atoms with Crippen molar-refractivity contribution in [1.29, 1.82) is 0 Å². The lowest BCUT2D eigenvalue weighted by Crippen LogP contribution is -2.14. The zero-order chi connectivity index (χ0) is 18.0. The summed E-state index contributed by atoms with van der Waals surface area (Å²) >= 11 is 0. The van der Waals surface area contributed by atoms with Crippen molar-refractivity contribution >= 4 is 22.7 Å². The van der Waals surface area contributed by atoms with Gasteiger partial charge >= 0.3 is 5.97 Å². The van der Waals surface area contributed by atoms with Gasteiger partial charge in [-0.1, -0.05) is 37.3 Å². The van der Waals surface area contributed by atoms with Crippen LogP contribution in [-0.4, -0.2) is 28.4 Å². The predicted octanol–water partition coefficient (Wildman–Crippen LogP) is 3.78. The van der Waals surface area contributed by atoms with Gasteiger partial charge in [-0.3, -0.25) is 4.79 Å². The molecule has 0 unspecified atom stereocenters. The third-order valence-corrected chi connectivity index (χ3v) is 4.28. The molecular formula is C20H19NO4. The minimum atomic E-state index is -0.719. The summed E-state index contributed by atoms with van der Waals surface area (Å²) in [5.41, 5.74) is 3.17. The van der Waals surface area contributed by atoms with Gasteiger partial charge in [0.2, 0.25) is 5.78 Å². The lowest BCUT2D eigenvalue weighted by molar-refractivity contribution is 0.0472. The van der Waals surface area contributed by atoms with E-state index >= 15 is 0 Å². The maximum atomic E-state index is 12.4. The van der Waals surface area contributed by atoms with Gasteiger partial charge in [0.25, 0.3) is 0 Å². The van der Waals surface area contributed by atoms with Gasteiger partial charge in [-0.05, 0) is 30.5 Å². The molecule has 3 aromatic rings. The first-order chi connectivity index (χ1) is 12.0. The highest BCUT2D eigenvalue weighted by molar-refractivity contribution is 6.09. The Bertz CT molecular complexity index is 955. The number of phenolic OH excluding ortho intramolecular Hbond substituents is 1. The van der Waals surface area contributed by atoms with E-state index < -0.39 is 5.97 Å². The largest absolute Gasteiger partial charge is 0.507 e. The van der Waals surface area contributed by atoms with E-state index in [4.69, 9.17) is 4.74 Å². The molecule has 3 rings (SSSR count). The number of ether oxygens (including phenoxy) is 1. The fourth-order valence-corrected chi connectivity index (χ4v) is 2.85. The molecule has 0 spiro atoms. The van der Waals surface area contributed by atoms with Crippen molar-refractivity contribution < 1.29 is 19.4 Å². The number of para-hydroxylation sites is 2. The SMILES string of the molecule is CCc1cccc2c(C(=O)COC(=O)c3cccc(C)c3O)c[nH]c12. The number of fused-ring (bicyclic) bond motifs is 1. The van der Waals surface area contributed by atoms with Crippen molar-refractivity contribution in [2.75, 3.05) is 6.61 Å². The molecule has 2 aromatic carbocycles. The molecule has 1 heterocycles. The Labute approximate surface area is 145 Å². The average molecular weight is 337 g/mol. The summed E-state index contributed by atoms with van der Waals surface area (Å²) in [6, 6.07) is 10.6. The molecule has 25 heavy (non-hydrogen) atoms. The number of Topliss-reactive ketones (excluding diaryl/α,β-unsaturated/α-hetero) is 1. The van der Waals surface area contributed by atoms with Crippen molar-refractivity contribution in [3.63, 3.8) is 0 Å². The summed E-state index contributed by atoms with van der Waals surface area (Å²) in [5.74, 6) is -1.14. The summed E-state index contributed by atoms with van der Waals surface area (Å²) in [6.07, 6.45) is 2.50. The lowest BCUT2D eigenvalue weighted by atomic mass is 10.1. The predicted molar refractivity (Wildman–Crippen MR) is 95.1 cm³/mol. The topological polar surface area (TPSA) is 79.4 Å². The molecule has 0 aliphatic carbocycles. The Hall–Kier alpha value is -3.08. The van der Waals surface area contributed by atoms with Crippen LogP contribution in [0.5, 0.6) is 5.75 Å². The van der Waals surface area contributed by atoms with Crippen LogP contribution in [-0.2, 0) is 11.2 Å². The second kappa shape index (κ2) is 6.81. The van der Waals surface area contributed by atoms with E-state index in [-0.39, 0.29) is 23.7 Å². The van der Waals surface area contributed by atoms with Gasteiger partial charge in [0.05, 0.1) is 0 Å². The van der Waals surface area contributed by atoms with Crippen LogP contribution in [0.3, 0.4) is 0 Å². The highest BCUT2D eigenvalue weighted by atomic mass is 16.5. The van der Waals surface area contributed by atoms with E-state index in [0.717, 1.165) is 22.9 Å². The average Bonchev–Trinajstić information content (AvgIpc) is 3.06. The van der Waals surface area contributed by atoms with Crippen LogP contribution in [0.15, 0.2) is 42.6 Å². The summed E-state index contributed by atoms with van der Waals surface area (Å²) in [5, 5.41) is 10.7. The van der Waals surface area contributed by atoms with E-state index in [0.29, 0.717) is 11.1 Å². The van der Waals surface area contributed by atoms with Gasteiger partial charge in [0.15, 0.2) is 6.61 Å². The monoisotopic (exact) mass is 337 g/mol. The van der Waals surface area contributed by atoms with Crippen LogP contribution >= 0.6 is 0 Å². The van der Waals surface area contributed by atoms with Crippen molar-refractivity contribution in [1.82, 2.24) is 4.98 Å². The number of aryl methyl sites for hydroxylation is 2. The van der Waals surface area contributed by atoms with E-state index in [1.807, 2.05) is 25.1 Å². The van der Waals surface area contributed by atoms with E-state index in [1.54, 1.807) is 25.3 Å².